The first-order valence-electron chi connectivity index (χ1n) is 9.33. The number of anilines is 1. The second-order valence-corrected chi connectivity index (χ2v) is 6.17. The molecule has 1 aromatic carbocycles. The zero-order chi connectivity index (χ0) is 18.6. The molecular weight excluding hydrogens is 457 g/mol. The van der Waals surface area contributed by atoms with Crippen LogP contribution >= 0.6 is 24.0 Å². The molecule has 2 rings (SSSR count). The van der Waals surface area contributed by atoms with Crippen LogP contribution in [0.25, 0.3) is 0 Å². The van der Waals surface area contributed by atoms with Gasteiger partial charge in [-0.2, -0.15) is 0 Å². The fourth-order valence-corrected chi connectivity index (χ4v) is 2.86. The highest BCUT2D eigenvalue weighted by Crippen LogP contribution is 2.15. The number of ether oxygens (including phenoxy) is 1. The molecule has 2 N–H and O–H groups in total. The Labute approximate surface area is 179 Å². The molecule has 152 valence electrons. The van der Waals surface area contributed by atoms with Gasteiger partial charge in [0.25, 0.3) is 0 Å². The number of benzene rings is 1. The van der Waals surface area contributed by atoms with Crippen LogP contribution in [0.1, 0.15) is 13.3 Å². The minimum absolute atomic E-state index is 0. The minimum atomic E-state index is 0. The highest BCUT2D eigenvalue weighted by molar-refractivity contribution is 14.0. The molecule has 1 aliphatic heterocycles. The number of hydrogen-bond acceptors (Lipinski definition) is 4. The number of piperazine rings is 1. The number of halogens is 1. The quantitative estimate of drug-likeness (QED) is 0.251. The maximum atomic E-state index is 12.5. The number of methoxy groups -OCH3 is 1. The summed E-state index contributed by atoms with van der Waals surface area (Å²) in [4.78, 5) is 21.1. The van der Waals surface area contributed by atoms with Crippen molar-refractivity contribution in [2.45, 2.75) is 13.3 Å². The molecule has 0 unspecified atom stereocenters. The largest absolute Gasteiger partial charge is 0.385 e. The third-order valence-corrected chi connectivity index (χ3v) is 4.29. The number of carbonyl (C=O) groups is 1. The molecule has 0 bridgehead atoms. The summed E-state index contributed by atoms with van der Waals surface area (Å²) in [6.07, 6.45) is 0.899. The summed E-state index contributed by atoms with van der Waals surface area (Å²) in [5.74, 6) is 0.756. The lowest BCUT2D eigenvalue weighted by Gasteiger charge is -2.36. The average molecular weight is 489 g/mol. The predicted octanol–water partition coefficient (Wildman–Crippen LogP) is 1.54. The SMILES string of the molecule is CCNC(=NCC(=O)N1CCN(c2ccccc2)CC1)NCCCOC.I. The Morgan fingerprint density at radius 2 is 1.85 bits per heavy atom. The molecule has 1 fully saturated rings. The summed E-state index contributed by atoms with van der Waals surface area (Å²) in [6.45, 7) is 7.61. The first kappa shape index (κ1) is 23.5. The number of aliphatic imine (C=N–C) groups is 1. The fraction of sp³-hybridized carbons (Fsp3) is 0.579. The van der Waals surface area contributed by atoms with E-state index >= 15 is 0 Å². The van der Waals surface area contributed by atoms with Gasteiger partial charge in [0.05, 0.1) is 0 Å². The molecule has 1 saturated heterocycles. The van der Waals surface area contributed by atoms with Gasteiger partial charge in [-0.25, -0.2) is 4.99 Å². The maximum Gasteiger partial charge on any atom is 0.244 e. The summed E-state index contributed by atoms with van der Waals surface area (Å²) in [5, 5.41) is 6.39. The highest BCUT2D eigenvalue weighted by Gasteiger charge is 2.20. The Hall–Kier alpha value is -1.55. The monoisotopic (exact) mass is 489 g/mol. The first-order valence-corrected chi connectivity index (χ1v) is 9.33. The van der Waals surface area contributed by atoms with Crippen molar-refractivity contribution in [1.82, 2.24) is 15.5 Å². The van der Waals surface area contributed by atoms with Crippen LogP contribution in [0, 0.1) is 0 Å². The second-order valence-electron chi connectivity index (χ2n) is 6.17. The van der Waals surface area contributed by atoms with Gasteiger partial charge in [-0.1, -0.05) is 18.2 Å². The molecule has 1 amide bonds. The van der Waals surface area contributed by atoms with Crippen molar-refractivity contribution in [3.05, 3.63) is 30.3 Å². The lowest BCUT2D eigenvalue weighted by Crippen LogP contribution is -2.49. The number of nitrogens with one attached hydrogen (secondary N) is 2. The van der Waals surface area contributed by atoms with Crippen molar-refractivity contribution in [3.63, 3.8) is 0 Å². The molecule has 0 aliphatic carbocycles. The van der Waals surface area contributed by atoms with Gasteiger partial charge in [-0.05, 0) is 25.5 Å². The van der Waals surface area contributed by atoms with Crippen LogP contribution in [0.3, 0.4) is 0 Å². The smallest absolute Gasteiger partial charge is 0.244 e. The van der Waals surface area contributed by atoms with Crippen molar-refractivity contribution < 1.29 is 9.53 Å². The molecule has 0 saturated carbocycles. The van der Waals surface area contributed by atoms with Crippen molar-refractivity contribution >= 4 is 41.5 Å². The highest BCUT2D eigenvalue weighted by atomic mass is 127. The van der Waals surface area contributed by atoms with Crippen molar-refractivity contribution in [1.29, 1.82) is 0 Å². The molecule has 0 aromatic heterocycles. The lowest BCUT2D eigenvalue weighted by atomic mass is 10.2. The first-order chi connectivity index (χ1) is 12.7. The van der Waals surface area contributed by atoms with E-state index in [-0.39, 0.29) is 36.4 Å². The van der Waals surface area contributed by atoms with E-state index < -0.39 is 0 Å². The molecular formula is C19H32IN5O2. The van der Waals surface area contributed by atoms with Crippen LogP contribution in [0.5, 0.6) is 0 Å². The molecule has 1 aromatic rings. The van der Waals surface area contributed by atoms with Crippen LogP contribution < -0.4 is 15.5 Å². The molecule has 1 heterocycles. The zero-order valence-electron chi connectivity index (χ0n) is 16.3. The summed E-state index contributed by atoms with van der Waals surface area (Å²) in [5.41, 5.74) is 1.22. The minimum Gasteiger partial charge on any atom is -0.385 e. The average Bonchev–Trinajstić information content (AvgIpc) is 2.70. The van der Waals surface area contributed by atoms with E-state index in [2.05, 4.69) is 32.7 Å². The standard InChI is InChI=1S/C19H31N5O2.HI/c1-3-20-19(21-10-7-15-26-2)22-16-18(25)24-13-11-23(12-14-24)17-8-5-4-6-9-17;/h4-6,8-9H,3,7,10-16H2,1-2H3,(H2,20,21,22);1H. The Morgan fingerprint density at radius 1 is 1.15 bits per heavy atom. The second kappa shape index (κ2) is 13.6. The van der Waals surface area contributed by atoms with Gasteiger partial charge in [-0.15, -0.1) is 24.0 Å². The number of amides is 1. The summed E-state index contributed by atoms with van der Waals surface area (Å²) in [7, 11) is 1.69. The van der Waals surface area contributed by atoms with Crippen molar-refractivity contribution in [3.8, 4) is 0 Å². The number of carbonyl (C=O) groups excluding carboxylic acids is 1. The van der Waals surface area contributed by atoms with Crippen molar-refractivity contribution in [2.75, 3.05) is 64.4 Å². The van der Waals surface area contributed by atoms with Crippen LogP contribution in [-0.2, 0) is 9.53 Å². The van der Waals surface area contributed by atoms with E-state index in [1.165, 1.54) is 5.69 Å². The predicted molar refractivity (Wildman–Crippen MR) is 121 cm³/mol. The van der Waals surface area contributed by atoms with Crippen LogP contribution in [0.15, 0.2) is 35.3 Å². The van der Waals surface area contributed by atoms with Gasteiger partial charge in [0, 0.05) is 58.7 Å². The van der Waals surface area contributed by atoms with Crippen LogP contribution in [0.2, 0.25) is 0 Å². The van der Waals surface area contributed by atoms with Gasteiger partial charge < -0.3 is 25.2 Å². The van der Waals surface area contributed by atoms with E-state index in [4.69, 9.17) is 4.74 Å². The van der Waals surface area contributed by atoms with Crippen LogP contribution in [0.4, 0.5) is 5.69 Å². The van der Waals surface area contributed by atoms with E-state index in [0.29, 0.717) is 12.6 Å². The summed E-state index contributed by atoms with van der Waals surface area (Å²) >= 11 is 0. The Balaban J connectivity index is 0.00000364. The van der Waals surface area contributed by atoms with Gasteiger partial charge in [0.2, 0.25) is 5.91 Å². The molecule has 1 aliphatic rings. The summed E-state index contributed by atoms with van der Waals surface area (Å²) in [6, 6.07) is 10.3. The third kappa shape index (κ3) is 8.34. The van der Waals surface area contributed by atoms with E-state index in [1.54, 1.807) is 7.11 Å². The van der Waals surface area contributed by atoms with E-state index in [9.17, 15) is 4.79 Å². The van der Waals surface area contributed by atoms with Gasteiger partial charge >= 0.3 is 0 Å². The number of hydrogen-bond donors (Lipinski definition) is 2. The summed E-state index contributed by atoms with van der Waals surface area (Å²) < 4.78 is 5.04. The van der Waals surface area contributed by atoms with Gasteiger partial charge in [-0.3, -0.25) is 4.79 Å². The number of nitrogens with zero attached hydrogens (tertiary/aromatic N) is 3. The number of guanidine groups is 1. The van der Waals surface area contributed by atoms with Gasteiger partial charge in [0.15, 0.2) is 5.96 Å². The van der Waals surface area contributed by atoms with Crippen molar-refractivity contribution in [2.24, 2.45) is 4.99 Å². The fourth-order valence-electron chi connectivity index (χ4n) is 2.86. The normalized spacial score (nSPS) is 14.5. The molecule has 0 radical (unpaired) electrons. The molecule has 8 heteroatoms. The lowest BCUT2D eigenvalue weighted by molar-refractivity contribution is -0.129. The Kier molecular flexibility index (Phi) is 11.8. The Morgan fingerprint density at radius 3 is 2.48 bits per heavy atom. The molecule has 0 atom stereocenters. The number of para-hydroxylation sites is 1. The zero-order valence-corrected chi connectivity index (χ0v) is 18.6. The molecule has 0 spiro atoms. The Bertz CT molecular complexity index is 562. The third-order valence-electron chi connectivity index (χ3n) is 4.29. The maximum absolute atomic E-state index is 12.5. The van der Waals surface area contributed by atoms with Crippen LogP contribution in [-0.4, -0.2) is 76.3 Å². The number of rotatable bonds is 8. The molecule has 7 nitrogen and oxygen atoms in total. The molecule has 27 heavy (non-hydrogen) atoms. The van der Waals surface area contributed by atoms with Gasteiger partial charge in [0.1, 0.15) is 6.54 Å². The van der Waals surface area contributed by atoms with E-state index in [1.807, 2.05) is 30.0 Å². The van der Waals surface area contributed by atoms with E-state index in [0.717, 1.165) is 45.7 Å². The topological polar surface area (TPSA) is 69.2 Å².